The summed E-state index contributed by atoms with van der Waals surface area (Å²) in [5.74, 6) is -0.970. The normalized spacial score (nSPS) is 10.4. The third-order valence-corrected chi connectivity index (χ3v) is 2.80. The molecule has 2 rings (SSSR count). The quantitative estimate of drug-likeness (QED) is 0.850. The van der Waals surface area contributed by atoms with Crippen LogP contribution in [0.5, 0.6) is 0 Å². The van der Waals surface area contributed by atoms with E-state index in [0.717, 1.165) is 0 Å². The Bertz CT molecular complexity index is 679. The molecule has 1 N–H and O–H groups in total. The van der Waals surface area contributed by atoms with Crippen molar-refractivity contribution in [3.63, 3.8) is 0 Å². The van der Waals surface area contributed by atoms with Gasteiger partial charge in [0.25, 0.3) is 0 Å². The van der Waals surface area contributed by atoms with Gasteiger partial charge < -0.3 is 5.11 Å². The van der Waals surface area contributed by atoms with Crippen LogP contribution in [0.25, 0.3) is 5.69 Å². The molecule has 2 aromatic heterocycles. The molecule has 0 aliphatic rings. The smallest absolute Gasteiger partial charge is 0.352 e. The third kappa shape index (κ3) is 2.49. The van der Waals surface area contributed by atoms with Crippen molar-refractivity contribution in [2.45, 2.75) is 20.3 Å². The molecular weight excluding hydrogens is 248 g/mol. The van der Waals surface area contributed by atoms with Gasteiger partial charge in [0.1, 0.15) is 6.33 Å². The summed E-state index contributed by atoms with van der Waals surface area (Å²) in [4.78, 5) is 34.3. The van der Waals surface area contributed by atoms with E-state index in [1.54, 1.807) is 13.8 Å². The van der Waals surface area contributed by atoms with Crippen LogP contribution >= 0.6 is 0 Å². The van der Waals surface area contributed by atoms with E-state index >= 15 is 0 Å². The van der Waals surface area contributed by atoms with Crippen LogP contribution < -0.4 is 5.69 Å². The molecule has 0 saturated heterocycles. The molecular formula is C12H12N4O3. The van der Waals surface area contributed by atoms with Crippen molar-refractivity contribution in [3.05, 3.63) is 46.2 Å². The minimum atomic E-state index is -0.970. The van der Waals surface area contributed by atoms with Gasteiger partial charge in [-0.1, -0.05) is 0 Å². The summed E-state index contributed by atoms with van der Waals surface area (Å²) in [6, 6.07) is 0. The Morgan fingerprint density at radius 3 is 2.53 bits per heavy atom. The summed E-state index contributed by atoms with van der Waals surface area (Å²) in [5.41, 5.74) is 1.48. The molecule has 19 heavy (non-hydrogen) atoms. The lowest BCUT2D eigenvalue weighted by Crippen LogP contribution is -2.27. The predicted molar refractivity (Wildman–Crippen MR) is 66.2 cm³/mol. The third-order valence-electron chi connectivity index (χ3n) is 2.80. The van der Waals surface area contributed by atoms with Gasteiger partial charge in [0.05, 0.1) is 24.5 Å². The highest BCUT2D eigenvalue weighted by atomic mass is 16.4. The number of aromatic nitrogens is 4. The van der Waals surface area contributed by atoms with E-state index in [-0.39, 0.29) is 6.42 Å². The van der Waals surface area contributed by atoms with Crippen LogP contribution in [0.3, 0.4) is 0 Å². The number of rotatable bonds is 3. The Labute approximate surface area is 108 Å². The van der Waals surface area contributed by atoms with E-state index in [4.69, 9.17) is 5.11 Å². The number of carbonyl (C=O) groups is 1. The molecule has 0 bridgehead atoms. The zero-order valence-corrected chi connectivity index (χ0v) is 10.5. The molecule has 0 amide bonds. The highest BCUT2D eigenvalue weighted by Crippen LogP contribution is 2.13. The van der Waals surface area contributed by atoms with E-state index in [1.165, 1.54) is 23.3 Å². The van der Waals surface area contributed by atoms with E-state index in [1.807, 2.05) is 0 Å². The summed E-state index contributed by atoms with van der Waals surface area (Å²) in [6.45, 7) is 3.31. The molecule has 0 aromatic carbocycles. The lowest BCUT2D eigenvalue weighted by molar-refractivity contribution is -0.136. The van der Waals surface area contributed by atoms with Gasteiger partial charge in [0.2, 0.25) is 0 Å². The summed E-state index contributed by atoms with van der Waals surface area (Å²) < 4.78 is 1.31. The molecule has 0 unspecified atom stereocenters. The van der Waals surface area contributed by atoms with E-state index in [9.17, 15) is 9.59 Å². The minimum Gasteiger partial charge on any atom is -0.481 e. The van der Waals surface area contributed by atoms with Crippen molar-refractivity contribution in [1.29, 1.82) is 0 Å². The van der Waals surface area contributed by atoms with Crippen LogP contribution in [0.1, 0.15) is 17.0 Å². The monoisotopic (exact) mass is 260 g/mol. The molecule has 0 radical (unpaired) electrons. The summed E-state index contributed by atoms with van der Waals surface area (Å²) in [6.07, 6.45) is 4.12. The first-order chi connectivity index (χ1) is 9.00. The van der Waals surface area contributed by atoms with Crippen LogP contribution in [0.2, 0.25) is 0 Å². The van der Waals surface area contributed by atoms with Gasteiger partial charge in [-0.3, -0.25) is 9.36 Å². The summed E-state index contributed by atoms with van der Waals surface area (Å²) in [7, 11) is 0. The maximum absolute atomic E-state index is 11.9. The fraction of sp³-hybridized carbons (Fsp3) is 0.250. The van der Waals surface area contributed by atoms with E-state index < -0.39 is 11.7 Å². The second-order valence-corrected chi connectivity index (χ2v) is 4.05. The lowest BCUT2D eigenvalue weighted by Gasteiger charge is -2.13. The van der Waals surface area contributed by atoms with E-state index in [2.05, 4.69) is 15.0 Å². The predicted octanol–water partition coefficient (Wildman–Crippen LogP) is 0.266. The fourth-order valence-corrected chi connectivity index (χ4v) is 1.92. The van der Waals surface area contributed by atoms with Crippen molar-refractivity contribution in [2.24, 2.45) is 0 Å². The molecule has 0 atom stereocenters. The number of carboxylic acids is 1. The Morgan fingerprint density at radius 1 is 1.32 bits per heavy atom. The second-order valence-electron chi connectivity index (χ2n) is 4.05. The average molecular weight is 260 g/mol. The number of hydrogen-bond acceptors (Lipinski definition) is 5. The molecule has 0 saturated carbocycles. The Kier molecular flexibility index (Phi) is 3.37. The number of nitrogens with zero attached hydrogens (tertiary/aromatic N) is 4. The zero-order valence-electron chi connectivity index (χ0n) is 10.5. The maximum atomic E-state index is 11.9. The highest BCUT2D eigenvalue weighted by Gasteiger charge is 2.15. The second kappa shape index (κ2) is 4.97. The zero-order chi connectivity index (χ0) is 14.0. The summed E-state index contributed by atoms with van der Waals surface area (Å²) >= 11 is 0. The Balaban J connectivity index is 2.69. The highest BCUT2D eigenvalue weighted by molar-refractivity contribution is 5.71. The van der Waals surface area contributed by atoms with Crippen LogP contribution in [-0.4, -0.2) is 30.6 Å². The first kappa shape index (κ1) is 12.9. The molecule has 2 heterocycles. The molecule has 0 aliphatic heterocycles. The van der Waals surface area contributed by atoms with Gasteiger partial charge >= 0.3 is 11.7 Å². The Hall–Kier alpha value is -2.57. The molecule has 7 nitrogen and oxygen atoms in total. The van der Waals surface area contributed by atoms with Gasteiger partial charge in [-0.05, 0) is 13.8 Å². The standard InChI is InChI=1S/C12H12N4O3/c1-7-10(3-11(17)18)8(2)16(12(19)15-7)9-4-13-6-14-5-9/h4-6H,3H2,1-2H3,(H,17,18). The molecule has 2 aromatic rings. The number of aliphatic carboxylic acids is 1. The first-order valence-electron chi connectivity index (χ1n) is 5.57. The topological polar surface area (TPSA) is 98.0 Å². The van der Waals surface area contributed by atoms with Gasteiger partial charge in [0.15, 0.2) is 0 Å². The minimum absolute atomic E-state index is 0.182. The van der Waals surface area contributed by atoms with Crippen molar-refractivity contribution < 1.29 is 9.90 Å². The molecule has 0 fully saturated rings. The van der Waals surface area contributed by atoms with Crippen molar-refractivity contribution in [3.8, 4) is 5.69 Å². The van der Waals surface area contributed by atoms with Gasteiger partial charge in [-0.15, -0.1) is 0 Å². The molecule has 7 heteroatoms. The average Bonchev–Trinajstić information content (AvgIpc) is 2.35. The van der Waals surface area contributed by atoms with Crippen LogP contribution in [0, 0.1) is 13.8 Å². The molecule has 98 valence electrons. The summed E-state index contributed by atoms with van der Waals surface area (Å²) in [5, 5.41) is 8.91. The van der Waals surface area contributed by atoms with Crippen molar-refractivity contribution in [2.75, 3.05) is 0 Å². The number of carboxylic acid groups (broad SMARTS) is 1. The van der Waals surface area contributed by atoms with Crippen LogP contribution in [0.15, 0.2) is 23.5 Å². The molecule has 0 spiro atoms. The SMILES string of the molecule is Cc1nc(=O)n(-c2cncnc2)c(C)c1CC(=O)O. The first-order valence-corrected chi connectivity index (χ1v) is 5.57. The van der Waals surface area contributed by atoms with Crippen LogP contribution in [-0.2, 0) is 11.2 Å². The van der Waals surface area contributed by atoms with Crippen molar-refractivity contribution >= 4 is 5.97 Å². The van der Waals surface area contributed by atoms with Gasteiger partial charge in [-0.2, -0.15) is 4.98 Å². The number of hydrogen-bond donors (Lipinski definition) is 1. The number of aryl methyl sites for hydroxylation is 1. The van der Waals surface area contributed by atoms with E-state index in [0.29, 0.717) is 22.6 Å². The van der Waals surface area contributed by atoms with Crippen molar-refractivity contribution in [1.82, 2.24) is 19.5 Å². The van der Waals surface area contributed by atoms with Gasteiger partial charge in [-0.25, -0.2) is 14.8 Å². The van der Waals surface area contributed by atoms with Gasteiger partial charge in [0, 0.05) is 17.0 Å². The fourth-order valence-electron chi connectivity index (χ4n) is 1.92. The largest absolute Gasteiger partial charge is 0.481 e. The van der Waals surface area contributed by atoms with Crippen LogP contribution in [0.4, 0.5) is 0 Å². The molecule has 0 aliphatic carbocycles. The lowest BCUT2D eigenvalue weighted by atomic mass is 10.1. The Morgan fingerprint density at radius 2 is 1.95 bits per heavy atom. The maximum Gasteiger partial charge on any atom is 0.352 e.